The van der Waals surface area contributed by atoms with Crippen molar-refractivity contribution in [3.05, 3.63) is 0 Å². The third kappa shape index (κ3) is 2.49. The van der Waals surface area contributed by atoms with Gasteiger partial charge in [0.05, 0.1) is 5.54 Å². The van der Waals surface area contributed by atoms with Crippen LogP contribution in [0, 0.1) is 0 Å². The first-order valence-corrected chi connectivity index (χ1v) is 5.48. The molecule has 0 atom stereocenters. The van der Waals surface area contributed by atoms with Crippen LogP contribution in [-0.2, 0) is 9.53 Å². The number of hydrogen-bond donors (Lipinski definition) is 1. The van der Waals surface area contributed by atoms with Crippen molar-refractivity contribution in [2.24, 2.45) is 5.73 Å². The standard InChI is InChI=1S/C11H22N2O2/c1-5-6-11(12)7-13(8-11)9(14)10(2,3)15-4/h5-8,12H2,1-4H3. The van der Waals surface area contributed by atoms with E-state index in [0.717, 1.165) is 12.8 Å². The number of amides is 1. The van der Waals surface area contributed by atoms with Crippen LogP contribution in [-0.4, -0.2) is 42.1 Å². The Kier molecular flexibility index (Phi) is 3.41. The Morgan fingerprint density at radius 1 is 1.53 bits per heavy atom. The molecule has 1 amide bonds. The Morgan fingerprint density at radius 2 is 2.07 bits per heavy atom. The van der Waals surface area contributed by atoms with E-state index in [2.05, 4.69) is 6.92 Å². The molecule has 0 aliphatic carbocycles. The van der Waals surface area contributed by atoms with E-state index in [1.54, 1.807) is 25.9 Å². The summed E-state index contributed by atoms with van der Waals surface area (Å²) in [4.78, 5) is 13.7. The summed E-state index contributed by atoms with van der Waals surface area (Å²) in [5.41, 5.74) is 5.20. The average molecular weight is 214 g/mol. The first-order chi connectivity index (χ1) is 6.84. The smallest absolute Gasteiger partial charge is 0.254 e. The minimum absolute atomic E-state index is 0.0298. The average Bonchev–Trinajstić information content (AvgIpc) is 2.13. The van der Waals surface area contributed by atoms with E-state index in [9.17, 15) is 4.79 Å². The van der Waals surface area contributed by atoms with Gasteiger partial charge in [0.15, 0.2) is 0 Å². The van der Waals surface area contributed by atoms with Gasteiger partial charge in [-0.3, -0.25) is 4.79 Å². The highest BCUT2D eigenvalue weighted by Crippen LogP contribution is 2.26. The summed E-state index contributed by atoms with van der Waals surface area (Å²) in [6.45, 7) is 6.99. The number of methoxy groups -OCH3 is 1. The van der Waals surface area contributed by atoms with Crippen LogP contribution in [0.2, 0.25) is 0 Å². The Labute approximate surface area is 91.8 Å². The lowest BCUT2D eigenvalue weighted by Gasteiger charge is -2.49. The van der Waals surface area contributed by atoms with E-state index in [1.807, 2.05) is 0 Å². The third-order valence-electron chi connectivity index (χ3n) is 3.07. The number of likely N-dealkylation sites (tertiary alicyclic amines) is 1. The van der Waals surface area contributed by atoms with E-state index in [4.69, 9.17) is 10.5 Å². The molecule has 1 fully saturated rings. The fourth-order valence-corrected chi connectivity index (χ4v) is 1.98. The number of ether oxygens (including phenoxy) is 1. The monoisotopic (exact) mass is 214 g/mol. The summed E-state index contributed by atoms with van der Waals surface area (Å²) in [6.07, 6.45) is 2.04. The topological polar surface area (TPSA) is 55.6 Å². The molecule has 2 N–H and O–H groups in total. The van der Waals surface area contributed by atoms with E-state index in [0.29, 0.717) is 13.1 Å². The maximum atomic E-state index is 11.9. The molecule has 0 aromatic heterocycles. The van der Waals surface area contributed by atoms with Gasteiger partial charge in [-0.15, -0.1) is 0 Å². The summed E-state index contributed by atoms with van der Waals surface area (Å²) >= 11 is 0. The van der Waals surface area contributed by atoms with Crippen LogP contribution in [0.3, 0.4) is 0 Å². The molecule has 1 heterocycles. The molecule has 0 bridgehead atoms. The van der Waals surface area contributed by atoms with Gasteiger partial charge in [-0.2, -0.15) is 0 Å². The summed E-state index contributed by atoms with van der Waals surface area (Å²) < 4.78 is 5.15. The lowest BCUT2D eigenvalue weighted by Crippen LogP contribution is -2.70. The van der Waals surface area contributed by atoms with Crippen LogP contribution >= 0.6 is 0 Å². The molecule has 15 heavy (non-hydrogen) atoms. The zero-order valence-electron chi connectivity index (χ0n) is 10.2. The van der Waals surface area contributed by atoms with Gasteiger partial charge in [-0.25, -0.2) is 0 Å². The molecule has 0 unspecified atom stereocenters. The minimum Gasteiger partial charge on any atom is -0.369 e. The van der Waals surface area contributed by atoms with Gasteiger partial charge in [0.2, 0.25) is 0 Å². The largest absolute Gasteiger partial charge is 0.369 e. The molecule has 0 saturated carbocycles. The molecular weight excluding hydrogens is 192 g/mol. The van der Waals surface area contributed by atoms with Crippen molar-refractivity contribution in [2.75, 3.05) is 20.2 Å². The predicted molar refractivity (Wildman–Crippen MR) is 59.5 cm³/mol. The second-order valence-corrected chi connectivity index (χ2v) is 4.99. The zero-order valence-corrected chi connectivity index (χ0v) is 10.2. The number of carbonyl (C=O) groups excluding carboxylic acids is 1. The molecular formula is C11H22N2O2. The van der Waals surface area contributed by atoms with Crippen molar-refractivity contribution in [1.29, 1.82) is 0 Å². The van der Waals surface area contributed by atoms with E-state index < -0.39 is 5.60 Å². The van der Waals surface area contributed by atoms with Gasteiger partial charge in [0.25, 0.3) is 5.91 Å². The SMILES string of the molecule is CCCC1(N)CN(C(=O)C(C)(C)OC)C1. The molecule has 1 saturated heterocycles. The minimum atomic E-state index is -0.729. The first-order valence-electron chi connectivity index (χ1n) is 5.48. The number of hydrogen-bond acceptors (Lipinski definition) is 3. The first kappa shape index (κ1) is 12.5. The third-order valence-corrected chi connectivity index (χ3v) is 3.07. The normalized spacial score (nSPS) is 19.9. The van der Waals surface area contributed by atoms with Gasteiger partial charge < -0.3 is 15.4 Å². The fraction of sp³-hybridized carbons (Fsp3) is 0.909. The Balaban J connectivity index is 2.48. The Hall–Kier alpha value is -0.610. The Morgan fingerprint density at radius 3 is 2.47 bits per heavy atom. The lowest BCUT2D eigenvalue weighted by atomic mass is 9.85. The number of rotatable bonds is 4. The zero-order chi connectivity index (χ0) is 11.7. The molecule has 4 heteroatoms. The number of carbonyl (C=O) groups is 1. The fourth-order valence-electron chi connectivity index (χ4n) is 1.98. The van der Waals surface area contributed by atoms with Crippen LogP contribution < -0.4 is 5.73 Å². The molecule has 88 valence electrons. The number of nitrogens with two attached hydrogens (primary N) is 1. The van der Waals surface area contributed by atoms with Crippen LogP contribution in [0.5, 0.6) is 0 Å². The van der Waals surface area contributed by atoms with Gasteiger partial charge in [-0.1, -0.05) is 13.3 Å². The molecule has 0 aromatic rings. The number of nitrogens with zero attached hydrogens (tertiary/aromatic N) is 1. The van der Waals surface area contributed by atoms with Crippen molar-refractivity contribution < 1.29 is 9.53 Å². The van der Waals surface area contributed by atoms with Crippen LogP contribution in [0.1, 0.15) is 33.6 Å². The summed E-state index contributed by atoms with van der Waals surface area (Å²) in [5, 5.41) is 0. The van der Waals surface area contributed by atoms with Crippen LogP contribution in [0.4, 0.5) is 0 Å². The maximum Gasteiger partial charge on any atom is 0.254 e. The Bertz CT molecular complexity index is 245. The molecule has 1 rings (SSSR count). The van der Waals surface area contributed by atoms with Crippen molar-refractivity contribution in [3.8, 4) is 0 Å². The quantitative estimate of drug-likeness (QED) is 0.751. The lowest BCUT2D eigenvalue weighted by molar-refractivity contribution is -0.159. The van der Waals surface area contributed by atoms with Crippen LogP contribution in [0.25, 0.3) is 0 Å². The van der Waals surface area contributed by atoms with Crippen molar-refractivity contribution >= 4 is 5.91 Å². The van der Waals surface area contributed by atoms with E-state index in [-0.39, 0.29) is 11.4 Å². The van der Waals surface area contributed by atoms with Crippen molar-refractivity contribution in [1.82, 2.24) is 4.90 Å². The van der Waals surface area contributed by atoms with Gasteiger partial charge in [-0.05, 0) is 20.3 Å². The summed E-state index contributed by atoms with van der Waals surface area (Å²) in [7, 11) is 1.55. The highest BCUT2D eigenvalue weighted by Gasteiger charge is 2.45. The molecule has 1 aliphatic heterocycles. The molecule has 0 aromatic carbocycles. The highest BCUT2D eigenvalue weighted by atomic mass is 16.5. The molecule has 1 aliphatic rings. The molecule has 4 nitrogen and oxygen atoms in total. The second-order valence-electron chi connectivity index (χ2n) is 4.99. The predicted octanol–water partition coefficient (Wildman–Crippen LogP) is 0.751. The van der Waals surface area contributed by atoms with Crippen LogP contribution in [0.15, 0.2) is 0 Å². The van der Waals surface area contributed by atoms with Gasteiger partial charge in [0, 0.05) is 20.2 Å². The van der Waals surface area contributed by atoms with E-state index >= 15 is 0 Å². The second kappa shape index (κ2) is 4.10. The molecule has 0 radical (unpaired) electrons. The van der Waals surface area contributed by atoms with E-state index in [1.165, 1.54) is 0 Å². The highest BCUT2D eigenvalue weighted by molar-refractivity contribution is 5.85. The summed E-state index contributed by atoms with van der Waals surface area (Å²) in [6, 6.07) is 0. The van der Waals surface area contributed by atoms with Crippen molar-refractivity contribution in [3.63, 3.8) is 0 Å². The van der Waals surface area contributed by atoms with Crippen molar-refractivity contribution in [2.45, 2.75) is 44.8 Å². The van der Waals surface area contributed by atoms with Gasteiger partial charge in [0.1, 0.15) is 5.60 Å². The summed E-state index contributed by atoms with van der Waals surface area (Å²) in [5.74, 6) is 0.0298. The molecule has 0 spiro atoms. The maximum absolute atomic E-state index is 11.9. The van der Waals surface area contributed by atoms with Gasteiger partial charge >= 0.3 is 0 Å².